The summed E-state index contributed by atoms with van der Waals surface area (Å²) in [5.74, 6) is -0.0395. The second-order valence-corrected chi connectivity index (χ2v) is 15.0. The van der Waals surface area contributed by atoms with Crippen molar-refractivity contribution in [3.8, 4) is 28.3 Å². The molecule has 0 unspecified atom stereocenters. The van der Waals surface area contributed by atoms with Crippen molar-refractivity contribution in [1.82, 2.24) is 24.3 Å². The molecule has 0 spiro atoms. The molecule has 1 saturated carbocycles. The summed E-state index contributed by atoms with van der Waals surface area (Å²) in [7, 11) is 3.57. The zero-order chi connectivity index (χ0) is 36.1. The van der Waals surface area contributed by atoms with Crippen molar-refractivity contribution in [3.63, 3.8) is 0 Å². The lowest BCUT2D eigenvalue weighted by Crippen LogP contribution is -2.42. The van der Waals surface area contributed by atoms with Gasteiger partial charge in [-0.05, 0) is 61.8 Å². The lowest BCUT2D eigenvalue weighted by atomic mass is 9.85. The molecule has 4 aliphatic rings. The number of nitrogens with zero attached hydrogens (tertiary/aromatic N) is 6. The lowest BCUT2D eigenvalue weighted by molar-refractivity contribution is -0.143. The number of anilines is 1. The minimum atomic E-state index is -0.685. The molecule has 4 aromatic rings. The molecule has 272 valence electrons. The van der Waals surface area contributed by atoms with Gasteiger partial charge in [-0.15, -0.1) is 0 Å². The average molecular weight is 725 g/mol. The van der Waals surface area contributed by atoms with Crippen molar-refractivity contribution < 1.29 is 24.5 Å². The molecular formula is C40H45ClN6O5. The van der Waals surface area contributed by atoms with Crippen LogP contribution >= 0.6 is 11.6 Å². The number of benzene rings is 2. The highest BCUT2D eigenvalue weighted by molar-refractivity contribution is 6.36. The third-order valence-electron chi connectivity index (χ3n) is 11.7. The van der Waals surface area contributed by atoms with Gasteiger partial charge in [-0.3, -0.25) is 19.4 Å². The van der Waals surface area contributed by atoms with E-state index in [2.05, 4.69) is 15.9 Å². The van der Waals surface area contributed by atoms with E-state index in [0.29, 0.717) is 73.9 Å². The normalized spacial score (nSPS) is 22.0. The largest absolute Gasteiger partial charge is 0.481 e. The van der Waals surface area contributed by atoms with E-state index in [1.54, 1.807) is 7.11 Å². The zero-order valence-corrected chi connectivity index (χ0v) is 30.5. The predicted octanol–water partition coefficient (Wildman–Crippen LogP) is 5.58. The second kappa shape index (κ2) is 14.3. The molecular weight excluding hydrogens is 680 g/mol. The number of pyridine rings is 1. The van der Waals surface area contributed by atoms with E-state index < -0.39 is 5.97 Å². The number of carboxylic acid groups (broad SMARTS) is 1. The van der Waals surface area contributed by atoms with Crippen LogP contribution in [-0.4, -0.2) is 91.9 Å². The van der Waals surface area contributed by atoms with Gasteiger partial charge in [-0.2, -0.15) is 0 Å². The van der Waals surface area contributed by atoms with Gasteiger partial charge >= 0.3 is 5.97 Å². The maximum atomic E-state index is 14.2. The quantitative estimate of drug-likeness (QED) is 0.240. The van der Waals surface area contributed by atoms with E-state index in [1.165, 1.54) is 0 Å². The maximum Gasteiger partial charge on any atom is 0.306 e. The minimum absolute atomic E-state index is 0.110. The van der Waals surface area contributed by atoms with Crippen molar-refractivity contribution in [2.24, 2.45) is 13.0 Å². The second-order valence-electron chi connectivity index (χ2n) is 14.7. The summed E-state index contributed by atoms with van der Waals surface area (Å²) in [5, 5.41) is 20.0. The fourth-order valence-corrected chi connectivity index (χ4v) is 9.13. The average Bonchev–Trinajstić information content (AvgIpc) is 3.88. The van der Waals surface area contributed by atoms with Crippen molar-refractivity contribution in [2.45, 2.75) is 70.2 Å². The van der Waals surface area contributed by atoms with Crippen LogP contribution in [-0.2, 0) is 37.8 Å². The Labute approximate surface area is 308 Å². The molecule has 1 saturated heterocycles. The first kappa shape index (κ1) is 34.8. The number of amides is 1. The number of carboxylic acids is 1. The Morgan fingerprint density at radius 3 is 2.44 bits per heavy atom. The SMILES string of the molecule is COc1nc(-c2cccc(-c3cccc4c3CCN4C(=O)c3nc4c(n3C)CCN(C3CCC(C(=O)O)CC3)C4)c2Cl)ccc1CN1CC[C@@H](O)C1. The number of aromatic nitrogens is 3. The molecule has 2 N–H and O–H groups in total. The van der Waals surface area contributed by atoms with Crippen LogP contribution in [0.4, 0.5) is 5.69 Å². The fraction of sp³-hybridized carbons (Fsp3) is 0.450. The van der Waals surface area contributed by atoms with Gasteiger partial charge in [-0.1, -0.05) is 48.0 Å². The summed E-state index contributed by atoms with van der Waals surface area (Å²) in [6.45, 7) is 4.25. The number of imidazole rings is 1. The number of hydrogen-bond donors (Lipinski definition) is 2. The van der Waals surface area contributed by atoms with E-state index in [0.717, 1.165) is 83.7 Å². The fourth-order valence-electron chi connectivity index (χ4n) is 8.81. The van der Waals surface area contributed by atoms with Gasteiger partial charge in [0.05, 0.1) is 35.5 Å². The number of β-amino-alcohol motifs (C(OH)–C–C–N with tert-alkyl or cyclic N) is 1. The molecule has 5 heterocycles. The lowest BCUT2D eigenvalue weighted by Gasteiger charge is -2.37. The molecule has 0 radical (unpaired) electrons. The molecule has 8 rings (SSSR count). The topological polar surface area (TPSA) is 124 Å². The third kappa shape index (κ3) is 6.38. The maximum absolute atomic E-state index is 14.2. The Kier molecular flexibility index (Phi) is 9.54. The molecule has 1 amide bonds. The van der Waals surface area contributed by atoms with Crippen molar-refractivity contribution >= 4 is 29.2 Å². The summed E-state index contributed by atoms with van der Waals surface area (Å²) in [4.78, 5) is 41.9. The highest BCUT2D eigenvalue weighted by Crippen LogP contribution is 2.43. The van der Waals surface area contributed by atoms with Gasteiger partial charge in [0.1, 0.15) is 0 Å². The number of likely N-dealkylation sites (tertiary alicyclic amines) is 1. The minimum Gasteiger partial charge on any atom is -0.481 e. The van der Waals surface area contributed by atoms with Crippen molar-refractivity contribution in [2.75, 3.05) is 38.2 Å². The molecule has 2 aromatic heterocycles. The third-order valence-corrected chi connectivity index (χ3v) is 12.1. The smallest absolute Gasteiger partial charge is 0.306 e. The number of halogens is 1. The highest BCUT2D eigenvalue weighted by Gasteiger charge is 2.35. The highest BCUT2D eigenvalue weighted by atomic mass is 35.5. The standard InChI is InChI=1S/C40H45ClN6O5/c1-44-35-17-19-46(26-12-9-24(10-13-26)40(50)51)23-33(35)42-37(44)39(49)47-20-16-29-28(5-4-8-34(29)47)30-6-3-7-31(36(30)41)32-14-11-25(38(43-32)52-2)21-45-18-15-27(48)22-45/h3-8,11,14,24,26-27,48H,9-10,12-13,15-23H2,1-2H3,(H,50,51)/t24?,26?,27-/m1/s1. The molecule has 2 aromatic carbocycles. The first-order chi connectivity index (χ1) is 25.2. The van der Waals surface area contributed by atoms with E-state index in [4.69, 9.17) is 26.3 Å². The summed E-state index contributed by atoms with van der Waals surface area (Å²) >= 11 is 7.19. The number of ether oxygens (including phenoxy) is 1. The molecule has 11 nitrogen and oxygen atoms in total. The Hall–Kier alpha value is -4.29. The summed E-state index contributed by atoms with van der Waals surface area (Å²) in [5.41, 5.74) is 8.34. The van der Waals surface area contributed by atoms with Gasteiger partial charge < -0.3 is 24.4 Å². The number of aliphatic hydroxyl groups excluding tert-OH is 1. The van der Waals surface area contributed by atoms with E-state index in [1.807, 2.05) is 59.0 Å². The van der Waals surface area contributed by atoms with Gasteiger partial charge in [0.2, 0.25) is 5.88 Å². The predicted molar refractivity (Wildman–Crippen MR) is 199 cm³/mol. The summed E-state index contributed by atoms with van der Waals surface area (Å²) < 4.78 is 7.67. The van der Waals surface area contributed by atoms with E-state index in [9.17, 15) is 19.8 Å². The number of rotatable bonds is 8. The molecule has 2 fully saturated rings. The molecule has 1 aliphatic carbocycles. The number of hydrogen-bond acceptors (Lipinski definition) is 8. The van der Waals surface area contributed by atoms with Crippen LogP contribution in [0.2, 0.25) is 5.02 Å². The number of methoxy groups -OCH3 is 1. The van der Waals surface area contributed by atoms with Crippen LogP contribution < -0.4 is 9.64 Å². The number of aliphatic hydroxyl groups is 1. The monoisotopic (exact) mass is 724 g/mol. The number of carbonyl (C=O) groups excluding carboxylic acids is 1. The Balaban J connectivity index is 1.02. The van der Waals surface area contributed by atoms with Crippen molar-refractivity contribution in [3.05, 3.63) is 81.9 Å². The molecule has 52 heavy (non-hydrogen) atoms. The van der Waals surface area contributed by atoms with Gasteiger partial charge in [0.15, 0.2) is 5.82 Å². The Morgan fingerprint density at radius 2 is 1.69 bits per heavy atom. The van der Waals surface area contributed by atoms with Gasteiger partial charge in [0, 0.05) is 86.9 Å². The van der Waals surface area contributed by atoms with Crippen LogP contribution in [0, 0.1) is 5.92 Å². The van der Waals surface area contributed by atoms with Crippen LogP contribution in [0.3, 0.4) is 0 Å². The zero-order valence-electron chi connectivity index (χ0n) is 29.7. The van der Waals surface area contributed by atoms with Crippen molar-refractivity contribution in [1.29, 1.82) is 0 Å². The van der Waals surface area contributed by atoms with Gasteiger partial charge in [-0.25, -0.2) is 9.97 Å². The number of fused-ring (bicyclic) bond motifs is 2. The Morgan fingerprint density at radius 1 is 0.923 bits per heavy atom. The molecule has 12 heteroatoms. The first-order valence-corrected chi connectivity index (χ1v) is 18.8. The van der Waals surface area contributed by atoms with Crippen LogP contribution in [0.1, 0.15) is 65.2 Å². The number of carbonyl (C=O) groups is 2. The van der Waals surface area contributed by atoms with E-state index >= 15 is 0 Å². The van der Waals surface area contributed by atoms with Crippen LogP contribution in [0.15, 0.2) is 48.5 Å². The molecule has 0 bridgehead atoms. The number of aliphatic carboxylic acids is 1. The summed E-state index contributed by atoms with van der Waals surface area (Å²) in [6.07, 6.45) is 5.18. The molecule has 1 atom stereocenters. The van der Waals surface area contributed by atoms with Crippen LogP contribution in [0.25, 0.3) is 22.4 Å². The van der Waals surface area contributed by atoms with E-state index in [-0.39, 0.29) is 17.9 Å². The molecule has 3 aliphatic heterocycles. The van der Waals surface area contributed by atoms with Gasteiger partial charge in [0.25, 0.3) is 5.91 Å². The Bertz CT molecular complexity index is 2020. The first-order valence-electron chi connectivity index (χ1n) is 18.4. The summed E-state index contributed by atoms with van der Waals surface area (Å²) in [6, 6.07) is 16.4. The van der Waals surface area contributed by atoms with Crippen LogP contribution in [0.5, 0.6) is 5.88 Å².